The molecule has 5 heteroatoms. The topological polar surface area (TPSA) is 69.6 Å². The van der Waals surface area contributed by atoms with Crippen molar-refractivity contribution in [2.45, 2.75) is 26.9 Å². The maximum Gasteiger partial charge on any atom is 0.311 e. The Kier molecular flexibility index (Phi) is 5.87. The summed E-state index contributed by atoms with van der Waals surface area (Å²) < 4.78 is 0. The predicted octanol–water partition coefficient (Wildman–Crippen LogP) is -0.648. The molecule has 0 saturated carbocycles. The van der Waals surface area contributed by atoms with E-state index in [1.165, 1.54) is 4.90 Å². The zero-order valence-electron chi connectivity index (χ0n) is 8.91. The normalized spacial score (nSPS) is 12.0. The Morgan fingerprint density at radius 1 is 1.36 bits per heavy atom. The highest BCUT2D eigenvalue weighted by molar-refractivity contribution is 6.34. The van der Waals surface area contributed by atoms with Crippen LogP contribution in [-0.4, -0.2) is 47.6 Å². The molecule has 82 valence electrons. The van der Waals surface area contributed by atoms with Gasteiger partial charge in [0.1, 0.15) is 0 Å². The summed E-state index contributed by atoms with van der Waals surface area (Å²) in [6.45, 7) is 6.29. The first kappa shape index (κ1) is 12.9. The number of carbonyl (C=O) groups excluding carboxylic acids is 2. The van der Waals surface area contributed by atoms with Gasteiger partial charge in [-0.2, -0.15) is 0 Å². The zero-order chi connectivity index (χ0) is 11.1. The van der Waals surface area contributed by atoms with Gasteiger partial charge in [0.15, 0.2) is 0 Å². The fraction of sp³-hybridized carbons (Fsp3) is 0.778. The maximum atomic E-state index is 11.4. The van der Waals surface area contributed by atoms with Crippen molar-refractivity contribution in [1.29, 1.82) is 0 Å². The summed E-state index contributed by atoms with van der Waals surface area (Å²) in [6, 6.07) is 0. The van der Waals surface area contributed by atoms with E-state index in [4.69, 9.17) is 5.11 Å². The summed E-state index contributed by atoms with van der Waals surface area (Å²) in [5.74, 6) is -1.20. The van der Waals surface area contributed by atoms with Crippen molar-refractivity contribution in [3.05, 3.63) is 0 Å². The second-order valence-electron chi connectivity index (χ2n) is 3.04. The highest BCUT2D eigenvalue weighted by Crippen LogP contribution is 1.89. The standard InChI is InChI=1S/C9H18N2O3/c1-4-11(5-2)9(14)8(13)10-6-7(3)12/h7,12H,4-6H2,1-3H3,(H,10,13). The van der Waals surface area contributed by atoms with Crippen molar-refractivity contribution in [2.24, 2.45) is 0 Å². The molecule has 0 aliphatic rings. The van der Waals surface area contributed by atoms with Gasteiger partial charge in [-0.3, -0.25) is 9.59 Å². The van der Waals surface area contributed by atoms with Crippen molar-refractivity contribution in [3.63, 3.8) is 0 Å². The summed E-state index contributed by atoms with van der Waals surface area (Å²) >= 11 is 0. The number of nitrogens with zero attached hydrogens (tertiary/aromatic N) is 1. The number of aliphatic hydroxyl groups is 1. The number of likely N-dealkylation sites (N-methyl/N-ethyl adjacent to an activating group) is 1. The lowest BCUT2D eigenvalue weighted by Crippen LogP contribution is -2.44. The Bertz CT molecular complexity index is 200. The van der Waals surface area contributed by atoms with Crippen molar-refractivity contribution in [3.8, 4) is 0 Å². The molecule has 0 radical (unpaired) electrons. The van der Waals surface area contributed by atoms with Crippen molar-refractivity contribution < 1.29 is 14.7 Å². The summed E-state index contributed by atoms with van der Waals surface area (Å²) in [7, 11) is 0. The van der Waals surface area contributed by atoms with Crippen LogP contribution in [0.25, 0.3) is 0 Å². The molecular weight excluding hydrogens is 184 g/mol. The van der Waals surface area contributed by atoms with Gasteiger partial charge in [0, 0.05) is 19.6 Å². The van der Waals surface area contributed by atoms with Crippen molar-refractivity contribution in [2.75, 3.05) is 19.6 Å². The van der Waals surface area contributed by atoms with Gasteiger partial charge in [0.05, 0.1) is 6.10 Å². The molecule has 1 unspecified atom stereocenters. The SMILES string of the molecule is CCN(CC)C(=O)C(=O)NCC(C)O. The third-order valence-electron chi connectivity index (χ3n) is 1.80. The highest BCUT2D eigenvalue weighted by atomic mass is 16.3. The highest BCUT2D eigenvalue weighted by Gasteiger charge is 2.18. The largest absolute Gasteiger partial charge is 0.392 e. The second kappa shape index (κ2) is 6.37. The first-order valence-corrected chi connectivity index (χ1v) is 4.78. The van der Waals surface area contributed by atoms with Crippen LogP contribution in [0.2, 0.25) is 0 Å². The first-order valence-electron chi connectivity index (χ1n) is 4.78. The molecule has 1 atom stereocenters. The number of hydrogen-bond acceptors (Lipinski definition) is 3. The lowest BCUT2D eigenvalue weighted by molar-refractivity contribution is -0.145. The zero-order valence-corrected chi connectivity index (χ0v) is 8.91. The van der Waals surface area contributed by atoms with E-state index in [1.807, 2.05) is 13.8 Å². The van der Waals surface area contributed by atoms with Gasteiger partial charge in [-0.25, -0.2) is 0 Å². The van der Waals surface area contributed by atoms with Crippen molar-refractivity contribution in [1.82, 2.24) is 10.2 Å². The molecule has 0 aromatic carbocycles. The third-order valence-corrected chi connectivity index (χ3v) is 1.80. The lowest BCUT2D eigenvalue weighted by Gasteiger charge is -2.17. The van der Waals surface area contributed by atoms with Crippen molar-refractivity contribution >= 4 is 11.8 Å². The van der Waals surface area contributed by atoms with Crippen LogP contribution in [0, 0.1) is 0 Å². The molecule has 2 N–H and O–H groups in total. The van der Waals surface area contributed by atoms with Crippen LogP contribution in [0.5, 0.6) is 0 Å². The van der Waals surface area contributed by atoms with Gasteiger partial charge in [0.2, 0.25) is 0 Å². The molecule has 0 bridgehead atoms. The van der Waals surface area contributed by atoms with Crippen LogP contribution in [0.3, 0.4) is 0 Å². The Morgan fingerprint density at radius 2 is 1.86 bits per heavy atom. The summed E-state index contributed by atoms with van der Waals surface area (Å²) in [5, 5.41) is 11.2. The molecular formula is C9H18N2O3. The average molecular weight is 202 g/mol. The Morgan fingerprint density at radius 3 is 2.21 bits per heavy atom. The fourth-order valence-electron chi connectivity index (χ4n) is 0.970. The number of aliphatic hydroxyl groups excluding tert-OH is 1. The molecule has 2 amide bonds. The lowest BCUT2D eigenvalue weighted by atomic mass is 10.4. The Labute approximate surface area is 84.1 Å². The third kappa shape index (κ3) is 4.23. The van der Waals surface area contributed by atoms with Gasteiger partial charge < -0.3 is 15.3 Å². The molecule has 14 heavy (non-hydrogen) atoms. The van der Waals surface area contributed by atoms with E-state index in [0.29, 0.717) is 13.1 Å². The monoisotopic (exact) mass is 202 g/mol. The minimum atomic E-state index is -0.658. The molecule has 0 fully saturated rings. The van der Waals surface area contributed by atoms with E-state index in [-0.39, 0.29) is 6.54 Å². The molecule has 5 nitrogen and oxygen atoms in total. The van der Waals surface area contributed by atoms with E-state index in [1.54, 1.807) is 6.92 Å². The molecule has 0 rings (SSSR count). The van der Waals surface area contributed by atoms with Gasteiger partial charge in [-0.1, -0.05) is 0 Å². The minimum absolute atomic E-state index is 0.103. The number of carbonyl (C=O) groups is 2. The van der Waals surface area contributed by atoms with E-state index < -0.39 is 17.9 Å². The minimum Gasteiger partial charge on any atom is -0.392 e. The molecule has 0 saturated heterocycles. The maximum absolute atomic E-state index is 11.4. The Hall–Kier alpha value is -1.10. The van der Waals surface area contributed by atoms with Crippen LogP contribution < -0.4 is 5.32 Å². The number of nitrogens with one attached hydrogen (secondary N) is 1. The first-order chi connectivity index (χ1) is 6.52. The van der Waals surface area contributed by atoms with Crippen LogP contribution in [0.15, 0.2) is 0 Å². The number of rotatable bonds is 4. The summed E-state index contributed by atoms with van der Waals surface area (Å²) in [4.78, 5) is 24.0. The molecule has 0 aliphatic carbocycles. The van der Waals surface area contributed by atoms with Crippen LogP contribution in [0.1, 0.15) is 20.8 Å². The van der Waals surface area contributed by atoms with E-state index in [9.17, 15) is 9.59 Å². The average Bonchev–Trinajstić information content (AvgIpc) is 2.15. The smallest absolute Gasteiger partial charge is 0.311 e. The quantitative estimate of drug-likeness (QED) is 0.595. The van der Waals surface area contributed by atoms with Gasteiger partial charge in [-0.05, 0) is 20.8 Å². The molecule has 0 spiro atoms. The van der Waals surface area contributed by atoms with Crippen LogP contribution in [-0.2, 0) is 9.59 Å². The van der Waals surface area contributed by atoms with E-state index in [0.717, 1.165) is 0 Å². The predicted molar refractivity (Wildman–Crippen MR) is 52.6 cm³/mol. The fourth-order valence-corrected chi connectivity index (χ4v) is 0.970. The Balaban J connectivity index is 4.04. The second-order valence-corrected chi connectivity index (χ2v) is 3.04. The van der Waals surface area contributed by atoms with Crippen LogP contribution >= 0.6 is 0 Å². The van der Waals surface area contributed by atoms with Gasteiger partial charge in [0.25, 0.3) is 0 Å². The molecule has 0 aromatic rings. The van der Waals surface area contributed by atoms with E-state index >= 15 is 0 Å². The number of hydrogen-bond donors (Lipinski definition) is 2. The van der Waals surface area contributed by atoms with Gasteiger partial charge in [-0.15, -0.1) is 0 Å². The number of amides is 2. The summed E-state index contributed by atoms with van der Waals surface area (Å²) in [5.41, 5.74) is 0. The summed E-state index contributed by atoms with van der Waals surface area (Å²) in [6.07, 6.45) is -0.636. The van der Waals surface area contributed by atoms with E-state index in [2.05, 4.69) is 5.32 Å². The van der Waals surface area contributed by atoms with Gasteiger partial charge >= 0.3 is 11.8 Å². The molecule has 0 heterocycles. The molecule has 0 aromatic heterocycles. The molecule has 0 aliphatic heterocycles. The van der Waals surface area contributed by atoms with Crippen LogP contribution in [0.4, 0.5) is 0 Å².